The highest BCUT2D eigenvalue weighted by atomic mass is 16.2. The van der Waals surface area contributed by atoms with Gasteiger partial charge in [-0.25, -0.2) is 0 Å². The maximum Gasteiger partial charge on any atom is 0.225 e. The first kappa shape index (κ1) is 16.9. The Balaban J connectivity index is 1.45. The van der Waals surface area contributed by atoms with Crippen LogP contribution in [0.5, 0.6) is 0 Å². The van der Waals surface area contributed by atoms with E-state index in [1.807, 2.05) is 30.9 Å². The van der Waals surface area contributed by atoms with Gasteiger partial charge in [-0.2, -0.15) is 0 Å². The molecule has 1 saturated heterocycles. The Morgan fingerprint density at radius 3 is 2.25 bits per heavy atom. The lowest BCUT2D eigenvalue weighted by molar-refractivity contribution is -0.141. The van der Waals surface area contributed by atoms with Gasteiger partial charge < -0.3 is 10.2 Å². The molecule has 1 N–H and O–H groups in total. The molecule has 0 spiro atoms. The first-order chi connectivity index (χ1) is 11.5. The predicted molar refractivity (Wildman–Crippen MR) is 92.2 cm³/mol. The van der Waals surface area contributed by atoms with Crippen LogP contribution in [-0.4, -0.2) is 34.8 Å². The molecule has 3 rings (SSSR count). The minimum Gasteiger partial charge on any atom is -0.352 e. The highest BCUT2D eigenvalue weighted by Gasteiger charge is 2.33. The van der Waals surface area contributed by atoms with Crippen molar-refractivity contribution in [3.63, 3.8) is 0 Å². The van der Waals surface area contributed by atoms with Gasteiger partial charge in [0, 0.05) is 42.9 Å². The van der Waals surface area contributed by atoms with Gasteiger partial charge in [-0.1, -0.05) is 6.42 Å². The van der Waals surface area contributed by atoms with E-state index < -0.39 is 0 Å². The number of nitrogens with zero attached hydrogens (tertiary/aromatic N) is 2. The summed E-state index contributed by atoms with van der Waals surface area (Å²) in [5, 5.41) is 3.04. The van der Waals surface area contributed by atoms with Gasteiger partial charge in [-0.3, -0.25) is 14.6 Å². The Labute approximate surface area is 143 Å². The van der Waals surface area contributed by atoms with E-state index in [2.05, 4.69) is 10.3 Å². The van der Waals surface area contributed by atoms with Gasteiger partial charge in [-0.15, -0.1) is 0 Å². The zero-order valence-corrected chi connectivity index (χ0v) is 14.7. The average Bonchev–Trinajstić information content (AvgIpc) is 2.50. The van der Waals surface area contributed by atoms with Crippen molar-refractivity contribution in [3.05, 3.63) is 29.1 Å². The third-order valence-corrected chi connectivity index (χ3v) is 5.24. The van der Waals surface area contributed by atoms with E-state index in [4.69, 9.17) is 0 Å². The van der Waals surface area contributed by atoms with Crippen LogP contribution in [0.2, 0.25) is 0 Å². The van der Waals surface area contributed by atoms with Crippen molar-refractivity contribution in [3.8, 4) is 0 Å². The highest BCUT2D eigenvalue weighted by molar-refractivity contribution is 5.81. The molecule has 2 amide bonds. The van der Waals surface area contributed by atoms with Crippen molar-refractivity contribution >= 4 is 11.8 Å². The van der Waals surface area contributed by atoms with Crippen molar-refractivity contribution in [1.82, 2.24) is 15.2 Å². The SMILES string of the molecule is Cc1cc(CNC(=O)C2CCN(C(=O)C3CCC3)CC2)cc(C)n1. The summed E-state index contributed by atoms with van der Waals surface area (Å²) in [5.74, 6) is 0.703. The van der Waals surface area contributed by atoms with E-state index in [1.165, 1.54) is 6.42 Å². The van der Waals surface area contributed by atoms with Crippen LogP contribution in [0.15, 0.2) is 12.1 Å². The van der Waals surface area contributed by atoms with Gasteiger partial charge in [0.25, 0.3) is 0 Å². The minimum absolute atomic E-state index is 0.0273. The number of carbonyl (C=O) groups excluding carboxylic acids is 2. The molecule has 24 heavy (non-hydrogen) atoms. The number of likely N-dealkylation sites (tertiary alicyclic amines) is 1. The predicted octanol–water partition coefficient (Wildman–Crippen LogP) is 2.35. The topological polar surface area (TPSA) is 62.3 Å². The van der Waals surface area contributed by atoms with E-state index in [0.717, 1.165) is 55.7 Å². The van der Waals surface area contributed by atoms with Crippen LogP contribution >= 0.6 is 0 Å². The molecule has 1 aromatic heterocycles. The van der Waals surface area contributed by atoms with Crippen molar-refractivity contribution in [2.75, 3.05) is 13.1 Å². The Morgan fingerprint density at radius 2 is 1.71 bits per heavy atom. The normalized spacial score (nSPS) is 19.0. The fraction of sp³-hybridized carbons (Fsp3) is 0.632. The van der Waals surface area contributed by atoms with Crippen LogP contribution in [0.4, 0.5) is 0 Å². The lowest BCUT2D eigenvalue weighted by Crippen LogP contribution is -2.46. The minimum atomic E-state index is 0.0273. The van der Waals surface area contributed by atoms with Crippen molar-refractivity contribution in [2.45, 2.75) is 52.5 Å². The van der Waals surface area contributed by atoms with Crippen LogP contribution in [0.25, 0.3) is 0 Å². The Morgan fingerprint density at radius 1 is 1.08 bits per heavy atom. The highest BCUT2D eigenvalue weighted by Crippen LogP contribution is 2.30. The number of hydrogen-bond acceptors (Lipinski definition) is 3. The molecular weight excluding hydrogens is 302 g/mol. The third-order valence-electron chi connectivity index (χ3n) is 5.24. The van der Waals surface area contributed by atoms with E-state index in [1.54, 1.807) is 0 Å². The summed E-state index contributed by atoms with van der Waals surface area (Å²) in [7, 11) is 0. The third kappa shape index (κ3) is 3.94. The van der Waals surface area contributed by atoms with Gasteiger partial charge in [-0.05, 0) is 57.2 Å². The number of aromatic nitrogens is 1. The molecule has 0 unspecified atom stereocenters. The van der Waals surface area contributed by atoms with Gasteiger partial charge in [0.05, 0.1) is 0 Å². The van der Waals surface area contributed by atoms with E-state index in [0.29, 0.717) is 12.5 Å². The molecule has 130 valence electrons. The summed E-state index contributed by atoms with van der Waals surface area (Å²) < 4.78 is 0. The molecule has 0 radical (unpaired) electrons. The second-order valence-corrected chi connectivity index (χ2v) is 7.20. The van der Waals surface area contributed by atoms with Crippen LogP contribution in [0.1, 0.15) is 49.1 Å². The number of aryl methyl sites for hydroxylation is 2. The van der Waals surface area contributed by atoms with Gasteiger partial charge in [0.1, 0.15) is 0 Å². The van der Waals surface area contributed by atoms with Crippen LogP contribution in [-0.2, 0) is 16.1 Å². The second-order valence-electron chi connectivity index (χ2n) is 7.20. The maximum atomic E-state index is 12.4. The fourth-order valence-electron chi connectivity index (χ4n) is 3.63. The quantitative estimate of drug-likeness (QED) is 0.922. The molecule has 0 aromatic carbocycles. The molecule has 2 fully saturated rings. The lowest BCUT2D eigenvalue weighted by atomic mass is 9.83. The molecule has 0 bridgehead atoms. The fourth-order valence-corrected chi connectivity index (χ4v) is 3.63. The zero-order chi connectivity index (χ0) is 17.1. The molecule has 2 aliphatic rings. The molecular formula is C19H27N3O2. The molecule has 1 aliphatic heterocycles. The molecule has 2 heterocycles. The first-order valence-electron chi connectivity index (χ1n) is 9.03. The number of carbonyl (C=O) groups is 2. The number of amides is 2. The number of piperidine rings is 1. The van der Waals surface area contributed by atoms with E-state index in [9.17, 15) is 9.59 Å². The van der Waals surface area contributed by atoms with Gasteiger partial charge in [0.15, 0.2) is 0 Å². The van der Waals surface area contributed by atoms with Gasteiger partial charge in [0.2, 0.25) is 11.8 Å². The number of nitrogens with one attached hydrogen (secondary N) is 1. The average molecular weight is 329 g/mol. The molecule has 5 heteroatoms. The molecule has 1 saturated carbocycles. The summed E-state index contributed by atoms with van der Waals surface area (Å²) in [5.41, 5.74) is 3.04. The van der Waals surface area contributed by atoms with E-state index >= 15 is 0 Å². The number of pyridine rings is 1. The van der Waals surface area contributed by atoms with Crippen molar-refractivity contribution in [1.29, 1.82) is 0 Å². The Hall–Kier alpha value is -1.91. The summed E-state index contributed by atoms with van der Waals surface area (Å²) in [6, 6.07) is 4.01. The second kappa shape index (κ2) is 7.32. The summed E-state index contributed by atoms with van der Waals surface area (Å²) in [6.07, 6.45) is 4.83. The van der Waals surface area contributed by atoms with Gasteiger partial charge >= 0.3 is 0 Å². The largest absolute Gasteiger partial charge is 0.352 e. The van der Waals surface area contributed by atoms with Crippen molar-refractivity contribution < 1.29 is 9.59 Å². The smallest absolute Gasteiger partial charge is 0.225 e. The molecule has 5 nitrogen and oxygen atoms in total. The summed E-state index contributed by atoms with van der Waals surface area (Å²) >= 11 is 0. The van der Waals surface area contributed by atoms with Crippen molar-refractivity contribution in [2.24, 2.45) is 11.8 Å². The van der Waals surface area contributed by atoms with Crippen LogP contribution in [0.3, 0.4) is 0 Å². The first-order valence-corrected chi connectivity index (χ1v) is 9.03. The van der Waals surface area contributed by atoms with E-state index in [-0.39, 0.29) is 17.7 Å². The molecule has 0 atom stereocenters. The maximum absolute atomic E-state index is 12.4. The summed E-state index contributed by atoms with van der Waals surface area (Å²) in [4.78, 5) is 31.0. The number of rotatable bonds is 4. The summed E-state index contributed by atoms with van der Waals surface area (Å²) in [6.45, 7) is 5.92. The monoisotopic (exact) mass is 329 g/mol. The Kier molecular flexibility index (Phi) is 5.17. The lowest BCUT2D eigenvalue weighted by Gasteiger charge is -2.36. The number of hydrogen-bond donors (Lipinski definition) is 1. The zero-order valence-electron chi connectivity index (χ0n) is 14.7. The van der Waals surface area contributed by atoms with Crippen LogP contribution in [0, 0.1) is 25.7 Å². The molecule has 1 aromatic rings. The van der Waals surface area contributed by atoms with Crippen LogP contribution < -0.4 is 5.32 Å². The molecule has 1 aliphatic carbocycles. The Bertz CT molecular complexity index is 597. The standard InChI is InChI=1S/C19H27N3O2/c1-13-10-15(11-14(2)21-13)12-20-18(23)16-6-8-22(9-7-16)19(24)17-4-3-5-17/h10-11,16-17H,3-9,12H2,1-2H3,(H,20,23).